The molecular weight excluding hydrogens is 439 g/mol. The highest BCUT2D eigenvalue weighted by atomic mass is 35.5. The lowest BCUT2D eigenvalue weighted by molar-refractivity contribution is -0.137. The summed E-state index contributed by atoms with van der Waals surface area (Å²) in [7, 11) is 0. The molecule has 0 aliphatic rings. The summed E-state index contributed by atoms with van der Waals surface area (Å²) in [5.74, 6) is 0.0515. The van der Waals surface area contributed by atoms with Crippen LogP contribution in [0.4, 0.5) is 18.9 Å². The Morgan fingerprint density at radius 1 is 1.20 bits per heavy atom. The minimum absolute atomic E-state index is 0.0145. The Morgan fingerprint density at radius 3 is 2.73 bits per heavy atom. The zero-order chi connectivity index (χ0) is 21.5. The van der Waals surface area contributed by atoms with Crippen LogP contribution >= 0.6 is 23.4 Å². The number of fused-ring (bicyclic) bond motifs is 3. The molecule has 1 N–H and O–H groups in total. The predicted octanol–water partition coefficient (Wildman–Crippen LogP) is 4.99. The molecule has 0 unspecified atom stereocenters. The van der Waals surface area contributed by atoms with Gasteiger partial charge in [-0.05, 0) is 37.3 Å². The smallest absolute Gasteiger partial charge is 0.324 e. The van der Waals surface area contributed by atoms with Gasteiger partial charge >= 0.3 is 6.18 Å². The van der Waals surface area contributed by atoms with Crippen molar-refractivity contribution in [3.8, 4) is 0 Å². The highest BCUT2D eigenvalue weighted by Crippen LogP contribution is 2.34. The van der Waals surface area contributed by atoms with Gasteiger partial charge in [0, 0.05) is 0 Å². The van der Waals surface area contributed by atoms with Crippen molar-refractivity contribution in [3.05, 3.63) is 58.9 Å². The Kier molecular flexibility index (Phi) is 5.29. The van der Waals surface area contributed by atoms with Crippen LogP contribution in [0.1, 0.15) is 11.4 Å². The van der Waals surface area contributed by atoms with Gasteiger partial charge in [-0.25, -0.2) is 4.98 Å². The lowest BCUT2D eigenvalue weighted by Gasteiger charge is -2.12. The highest BCUT2D eigenvalue weighted by Gasteiger charge is 2.31. The minimum Gasteiger partial charge on any atom is -0.324 e. The molecular formula is C19H13ClF3N5OS. The molecule has 0 atom stereocenters. The summed E-state index contributed by atoms with van der Waals surface area (Å²) in [5.41, 5.74) is 1.04. The predicted molar refractivity (Wildman–Crippen MR) is 109 cm³/mol. The first-order valence-corrected chi connectivity index (χ1v) is 10.0. The number of benzene rings is 2. The van der Waals surface area contributed by atoms with E-state index in [0.29, 0.717) is 22.0 Å². The third kappa shape index (κ3) is 3.92. The van der Waals surface area contributed by atoms with Crippen LogP contribution in [0.3, 0.4) is 0 Å². The Bertz CT molecular complexity index is 1270. The van der Waals surface area contributed by atoms with Crippen LogP contribution in [0.25, 0.3) is 16.7 Å². The number of alkyl halides is 3. The number of carbonyl (C=O) groups excluding carboxylic acids is 1. The second kappa shape index (κ2) is 7.77. The Morgan fingerprint density at radius 2 is 1.97 bits per heavy atom. The van der Waals surface area contributed by atoms with E-state index in [1.165, 1.54) is 0 Å². The fraction of sp³-hybridized carbons (Fsp3) is 0.158. The molecule has 0 saturated carbocycles. The van der Waals surface area contributed by atoms with E-state index in [4.69, 9.17) is 11.6 Å². The molecule has 6 nitrogen and oxygen atoms in total. The van der Waals surface area contributed by atoms with Gasteiger partial charge in [0.25, 0.3) is 0 Å². The van der Waals surface area contributed by atoms with Crippen molar-refractivity contribution >= 4 is 51.6 Å². The number of nitrogens with zero attached hydrogens (tertiary/aromatic N) is 4. The summed E-state index contributed by atoms with van der Waals surface area (Å²) in [4.78, 5) is 16.9. The Labute approximate surface area is 177 Å². The summed E-state index contributed by atoms with van der Waals surface area (Å²) < 4.78 is 40.5. The molecule has 2 aromatic carbocycles. The normalized spacial score (nSPS) is 11.9. The first-order valence-electron chi connectivity index (χ1n) is 8.64. The molecule has 4 rings (SSSR count). The third-order valence-corrected chi connectivity index (χ3v) is 5.55. The number of rotatable bonds is 4. The van der Waals surface area contributed by atoms with Gasteiger partial charge in [-0.15, -0.1) is 10.2 Å². The fourth-order valence-electron chi connectivity index (χ4n) is 2.91. The topological polar surface area (TPSA) is 72.2 Å². The molecule has 4 aromatic rings. The number of nitrogens with one attached hydrogen (secondary N) is 1. The van der Waals surface area contributed by atoms with E-state index in [2.05, 4.69) is 20.5 Å². The lowest BCUT2D eigenvalue weighted by atomic mass is 10.2. The number of para-hydroxylation sites is 2. The van der Waals surface area contributed by atoms with Gasteiger partial charge in [-0.1, -0.05) is 35.5 Å². The van der Waals surface area contributed by atoms with Crippen molar-refractivity contribution in [2.24, 2.45) is 0 Å². The van der Waals surface area contributed by atoms with Crippen LogP contribution in [-0.2, 0) is 11.0 Å². The molecule has 30 heavy (non-hydrogen) atoms. The average Bonchev–Trinajstić information content (AvgIpc) is 3.09. The number of hydrogen-bond acceptors (Lipinski definition) is 5. The number of aromatic nitrogens is 4. The molecule has 2 aromatic heterocycles. The molecule has 0 aliphatic heterocycles. The molecule has 0 fully saturated rings. The lowest BCUT2D eigenvalue weighted by Crippen LogP contribution is -2.15. The second-order valence-corrected chi connectivity index (χ2v) is 7.71. The molecule has 11 heteroatoms. The molecule has 2 heterocycles. The van der Waals surface area contributed by atoms with E-state index in [-0.39, 0.29) is 16.5 Å². The standard InChI is InChI=1S/C19H13ClF3N5OS/c1-10-26-27-17-18(25-13-4-2-3-5-15(13)28(10)17)30-9-16(29)24-14-8-11(19(21,22)23)6-7-12(14)20/h2-8H,9H2,1H3,(H,24,29). The quantitative estimate of drug-likeness (QED) is 0.443. The fourth-order valence-corrected chi connectivity index (χ4v) is 3.84. The van der Waals surface area contributed by atoms with E-state index in [1.807, 2.05) is 35.6 Å². The van der Waals surface area contributed by atoms with Crippen LogP contribution in [0.5, 0.6) is 0 Å². The van der Waals surface area contributed by atoms with Crippen LogP contribution in [0.15, 0.2) is 47.5 Å². The number of anilines is 1. The number of amides is 1. The number of carbonyl (C=O) groups is 1. The molecule has 0 aliphatic carbocycles. The zero-order valence-corrected chi connectivity index (χ0v) is 16.9. The first-order chi connectivity index (χ1) is 14.2. The maximum Gasteiger partial charge on any atom is 0.416 e. The Balaban J connectivity index is 1.57. The summed E-state index contributed by atoms with van der Waals surface area (Å²) in [6, 6.07) is 10.2. The molecule has 0 saturated heterocycles. The van der Waals surface area contributed by atoms with Crippen molar-refractivity contribution in [2.75, 3.05) is 11.1 Å². The van der Waals surface area contributed by atoms with Gasteiger partial charge in [0.15, 0.2) is 5.65 Å². The van der Waals surface area contributed by atoms with Crippen molar-refractivity contribution in [1.29, 1.82) is 0 Å². The van der Waals surface area contributed by atoms with Gasteiger partial charge < -0.3 is 5.32 Å². The monoisotopic (exact) mass is 451 g/mol. The minimum atomic E-state index is -4.54. The van der Waals surface area contributed by atoms with Gasteiger partial charge in [-0.2, -0.15) is 13.2 Å². The third-order valence-electron chi connectivity index (χ3n) is 4.27. The number of hydrogen-bond donors (Lipinski definition) is 1. The van der Waals surface area contributed by atoms with Gasteiger partial charge in [0.05, 0.1) is 33.1 Å². The number of aryl methyl sites for hydroxylation is 1. The van der Waals surface area contributed by atoms with Crippen LogP contribution in [-0.4, -0.2) is 31.2 Å². The van der Waals surface area contributed by atoms with E-state index in [0.717, 1.165) is 35.5 Å². The maximum atomic E-state index is 12.9. The molecule has 0 spiro atoms. The first kappa shape index (κ1) is 20.4. The summed E-state index contributed by atoms with van der Waals surface area (Å²) in [5, 5.41) is 11.1. The van der Waals surface area contributed by atoms with Crippen molar-refractivity contribution < 1.29 is 18.0 Å². The molecule has 1 amide bonds. The molecule has 0 bridgehead atoms. The van der Waals surface area contributed by atoms with E-state index in [9.17, 15) is 18.0 Å². The van der Waals surface area contributed by atoms with Crippen molar-refractivity contribution in [2.45, 2.75) is 18.1 Å². The zero-order valence-electron chi connectivity index (χ0n) is 15.4. The van der Waals surface area contributed by atoms with Gasteiger partial charge in [-0.3, -0.25) is 9.20 Å². The highest BCUT2D eigenvalue weighted by molar-refractivity contribution is 8.00. The van der Waals surface area contributed by atoms with Crippen LogP contribution in [0, 0.1) is 6.92 Å². The number of halogens is 4. The largest absolute Gasteiger partial charge is 0.416 e. The summed E-state index contributed by atoms with van der Waals surface area (Å²) in [6.07, 6.45) is -4.54. The second-order valence-electron chi connectivity index (χ2n) is 6.34. The van der Waals surface area contributed by atoms with E-state index in [1.54, 1.807) is 0 Å². The van der Waals surface area contributed by atoms with Crippen molar-refractivity contribution in [3.63, 3.8) is 0 Å². The molecule has 154 valence electrons. The van der Waals surface area contributed by atoms with E-state index >= 15 is 0 Å². The number of thioether (sulfide) groups is 1. The van der Waals surface area contributed by atoms with Crippen molar-refractivity contribution in [1.82, 2.24) is 19.6 Å². The van der Waals surface area contributed by atoms with Gasteiger partial charge in [0.1, 0.15) is 10.9 Å². The summed E-state index contributed by atoms with van der Waals surface area (Å²) in [6.45, 7) is 1.81. The van der Waals surface area contributed by atoms with Gasteiger partial charge in [0.2, 0.25) is 5.91 Å². The summed E-state index contributed by atoms with van der Waals surface area (Å²) >= 11 is 7.04. The Hall–Kier alpha value is -2.85. The van der Waals surface area contributed by atoms with E-state index < -0.39 is 17.6 Å². The van der Waals surface area contributed by atoms with Crippen LogP contribution < -0.4 is 5.32 Å². The van der Waals surface area contributed by atoms with Crippen LogP contribution in [0.2, 0.25) is 5.02 Å². The maximum absolute atomic E-state index is 12.9. The molecule has 0 radical (unpaired) electrons. The average molecular weight is 452 g/mol. The SMILES string of the molecule is Cc1nnc2c(SCC(=O)Nc3cc(C(F)(F)F)ccc3Cl)nc3ccccc3n12.